The Kier molecular flexibility index (Phi) is 6.34. The normalized spacial score (nSPS) is 13.4. The summed E-state index contributed by atoms with van der Waals surface area (Å²) >= 11 is 0. The molecule has 0 saturated carbocycles. The molecule has 2 atom stereocenters. The molecule has 0 aliphatic heterocycles. The first-order chi connectivity index (χ1) is 9.92. The molecule has 1 aromatic carbocycles. The lowest BCUT2D eigenvalue weighted by molar-refractivity contribution is 0.0936. The quantitative estimate of drug-likeness (QED) is 0.758. The van der Waals surface area contributed by atoms with Gasteiger partial charge in [0.15, 0.2) is 11.5 Å². The first-order valence-electron chi connectivity index (χ1n) is 7.25. The summed E-state index contributed by atoms with van der Waals surface area (Å²) < 4.78 is 10.4. The highest BCUT2D eigenvalue weighted by Crippen LogP contribution is 2.31. The molecule has 0 aromatic heterocycles. The Labute approximate surface area is 126 Å². The molecule has 0 saturated heterocycles. The molecule has 1 rings (SSSR count). The van der Waals surface area contributed by atoms with Gasteiger partial charge in [-0.05, 0) is 25.3 Å². The number of rotatable bonds is 7. The van der Waals surface area contributed by atoms with Crippen LogP contribution in [0, 0.1) is 5.92 Å². The van der Waals surface area contributed by atoms with Crippen LogP contribution in [0.1, 0.15) is 44.0 Å². The van der Waals surface area contributed by atoms with Crippen LogP contribution in [0.2, 0.25) is 0 Å². The van der Waals surface area contributed by atoms with Gasteiger partial charge in [-0.1, -0.05) is 20.3 Å². The zero-order valence-electron chi connectivity index (χ0n) is 13.5. The minimum Gasteiger partial charge on any atom is -0.493 e. The number of amides is 1. The largest absolute Gasteiger partial charge is 0.493 e. The predicted octanol–water partition coefficient (Wildman–Crippen LogP) is 2.84. The highest BCUT2D eigenvalue weighted by molar-refractivity contribution is 6.00. The third kappa shape index (κ3) is 4.55. The Morgan fingerprint density at radius 3 is 2.33 bits per heavy atom. The van der Waals surface area contributed by atoms with E-state index in [4.69, 9.17) is 15.2 Å². The molecule has 1 amide bonds. The maximum Gasteiger partial charge on any atom is 0.253 e. The number of ether oxygens (including phenoxy) is 2. The van der Waals surface area contributed by atoms with Crippen LogP contribution < -0.4 is 20.5 Å². The van der Waals surface area contributed by atoms with E-state index >= 15 is 0 Å². The minimum atomic E-state index is -0.191. The standard InChI is InChI=1S/C16H26N2O3/c1-6-10(2)7-11(3)18-16(19)12-8-14(20-4)15(21-5)9-13(12)17/h8-11H,6-7,17H2,1-5H3,(H,18,19). The lowest BCUT2D eigenvalue weighted by Crippen LogP contribution is -2.34. The molecule has 0 bridgehead atoms. The average molecular weight is 294 g/mol. The summed E-state index contributed by atoms with van der Waals surface area (Å²) in [6.45, 7) is 6.32. The molecule has 3 N–H and O–H groups in total. The van der Waals surface area contributed by atoms with Gasteiger partial charge in [0.25, 0.3) is 5.91 Å². The van der Waals surface area contributed by atoms with E-state index < -0.39 is 0 Å². The SMILES string of the molecule is CCC(C)CC(C)NC(=O)c1cc(OC)c(OC)cc1N. The number of hydrogen-bond donors (Lipinski definition) is 2. The van der Waals surface area contributed by atoms with Crippen LogP contribution in [-0.2, 0) is 0 Å². The van der Waals surface area contributed by atoms with Gasteiger partial charge in [0.1, 0.15) is 0 Å². The van der Waals surface area contributed by atoms with Crippen molar-refractivity contribution in [2.24, 2.45) is 5.92 Å². The number of carbonyl (C=O) groups is 1. The second-order valence-electron chi connectivity index (χ2n) is 5.42. The van der Waals surface area contributed by atoms with Crippen LogP contribution in [-0.4, -0.2) is 26.2 Å². The van der Waals surface area contributed by atoms with Gasteiger partial charge in [-0.15, -0.1) is 0 Å². The number of nitrogens with two attached hydrogens (primary N) is 1. The molecule has 0 fully saturated rings. The first-order valence-corrected chi connectivity index (χ1v) is 7.25. The van der Waals surface area contributed by atoms with E-state index in [-0.39, 0.29) is 11.9 Å². The topological polar surface area (TPSA) is 73.6 Å². The molecule has 0 radical (unpaired) electrons. The van der Waals surface area contributed by atoms with E-state index in [1.807, 2.05) is 6.92 Å². The summed E-state index contributed by atoms with van der Waals surface area (Å²) in [6.07, 6.45) is 2.04. The Hall–Kier alpha value is -1.91. The van der Waals surface area contributed by atoms with Crippen LogP contribution in [0.3, 0.4) is 0 Å². The second kappa shape index (κ2) is 7.76. The van der Waals surface area contributed by atoms with Crippen molar-refractivity contribution in [3.05, 3.63) is 17.7 Å². The maximum atomic E-state index is 12.3. The predicted molar refractivity (Wildman–Crippen MR) is 85.0 cm³/mol. The van der Waals surface area contributed by atoms with E-state index in [9.17, 15) is 4.79 Å². The summed E-state index contributed by atoms with van der Waals surface area (Å²) in [5.74, 6) is 1.39. The number of nitrogens with one attached hydrogen (secondary N) is 1. The second-order valence-corrected chi connectivity index (χ2v) is 5.42. The minimum absolute atomic E-state index is 0.0972. The first kappa shape index (κ1) is 17.1. The van der Waals surface area contributed by atoms with Crippen molar-refractivity contribution in [2.45, 2.75) is 39.7 Å². The fourth-order valence-electron chi connectivity index (χ4n) is 2.22. The Bertz CT molecular complexity index is 489. The van der Waals surface area contributed by atoms with Crippen molar-refractivity contribution in [2.75, 3.05) is 20.0 Å². The molecule has 2 unspecified atom stereocenters. The molecule has 5 heteroatoms. The van der Waals surface area contributed by atoms with Crippen molar-refractivity contribution < 1.29 is 14.3 Å². The summed E-state index contributed by atoms with van der Waals surface area (Å²) in [7, 11) is 3.06. The van der Waals surface area contributed by atoms with Crippen LogP contribution in [0.5, 0.6) is 11.5 Å². The van der Waals surface area contributed by atoms with Gasteiger partial charge in [0.05, 0.1) is 19.8 Å². The number of anilines is 1. The Balaban J connectivity index is 2.87. The van der Waals surface area contributed by atoms with E-state index in [0.29, 0.717) is 28.7 Å². The number of methoxy groups -OCH3 is 2. The van der Waals surface area contributed by atoms with E-state index in [0.717, 1.165) is 12.8 Å². The third-order valence-corrected chi connectivity index (χ3v) is 3.63. The Morgan fingerprint density at radius 1 is 1.24 bits per heavy atom. The van der Waals surface area contributed by atoms with Gasteiger partial charge >= 0.3 is 0 Å². The Morgan fingerprint density at radius 2 is 1.81 bits per heavy atom. The van der Waals surface area contributed by atoms with Crippen LogP contribution in [0.15, 0.2) is 12.1 Å². The maximum absolute atomic E-state index is 12.3. The van der Waals surface area contributed by atoms with Crippen molar-refractivity contribution in [3.63, 3.8) is 0 Å². The summed E-state index contributed by atoms with van der Waals surface area (Å²) in [5.41, 5.74) is 6.71. The molecular weight excluding hydrogens is 268 g/mol. The van der Waals surface area contributed by atoms with Gasteiger partial charge in [-0.25, -0.2) is 0 Å². The van der Waals surface area contributed by atoms with Crippen LogP contribution >= 0.6 is 0 Å². The third-order valence-electron chi connectivity index (χ3n) is 3.63. The summed E-state index contributed by atoms with van der Waals surface area (Å²) in [5, 5.41) is 2.98. The molecule has 0 spiro atoms. The lowest BCUT2D eigenvalue weighted by atomic mass is 10.00. The summed E-state index contributed by atoms with van der Waals surface area (Å²) in [6, 6.07) is 3.31. The number of hydrogen-bond acceptors (Lipinski definition) is 4. The highest BCUT2D eigenvalue weighted by Gasteiger charge is 2.17. The molecule has 0 aliphatic rings. The van der Waals surface area contributed by atoms with Gasteiger partial charge < -0.3 is 20.5 Å². The van der Waals surface area contributed by atoms with Gasteiger partial charge in [-0.3, -0.25) is 4.79 Å². The zero-order valence-corrected chi connectivity index (χ0v) is 13.5. The summed E-state index contributed by atoms with van der Waals surface area (Å²) in [4.78, 5) is 12.3. The number of nitrogen functional groups attached to an aromatic ring is 1. The lowest BCUT2D eigenvalue weighted by Gasteiger charge is -2.19. The highest BCUT2D eigenvalue weighted by atomic mass is 16.5. The van der Waals surface area contributed by atoms with Crippen LogP contribution in [0.25, 0.3) is 0 Å². The van der Waals surface area contributed by atoms with Crippen molar-refractivity contribution in [3.8, 4) is 11.5 Å². The van der Waals surface area contributed by atoms with E-state index in [1.165, 1.54) is 14.2 Å². The van der Waals surface area contributed by atoms with Gasteiger partial charge in [0.2, 0.25) is 0 Å². The molecule has 5 nitrogen and oxygen atoms in total. The molecule has 0 aliphatic carbocycles. The van der Waals surface area contributed by atoms with Crippen molar-refractivity contribution >= 4 is 11.6 Å². The molecular formula is C16H26N2O3. The fraction of sp³-hybridized carbons (Fsp3) is 0.562. The zero-order chi connectivity index (χ0) is 16.0. The molecule has 21 heavy (non-hydrogen) atoms. The van der Waals surface area contributed by atoms with Crippen LogP contribution in [0.4, 0.5) is 5.69 Å². The van der Waals surface area contributed by atoms with E-state index in [2.05, 4.69) is 19.2 Å². The average Bonchev–Trinajstić information content (AvgIpc) is 2.46. The molecule has 1 aromatic rings. The van der Waals surface area contributed by atoms with E-state index in [1.54, 1.807) is 12.1 Å². The smallest absolute Gasteiger partial charge is 0.253 e. The number of benzene rings is 1. The monoisotopic (exact) mass is 294 g/mol. The number of carbonyl (C=O) groups excluding carboxylic acids is 1. The van der Waals surface area contributed by atoms with Crippen molar-refractivity contribution in [1.82, 2.24) is 5.32 Å². The fourth-order valence-corrected chi connectivity index (χ4v) is 2.22. The molecule has 118 valence electrons. The molecule has 0 heterocycles. The van der Waals surface area contributed by atoms with Gasteiger partial charge in [-0.2, -0.15) is 0 Å². The van der Waals surface area contributed by atoms with Gasteiger partial charge in [0, 0.05) is 17.8 Å². The van der Waals surface area contributed by atoms with Crippen molar-refractivity contribution in [1.29, 1.82) is 0 Å².